The highest BCUT2D eigenvalue weighted by Crippen LogP contribution is 2.46. The van der Waals surface area contributed by atoms with Gasteiger partial charge >= 0.3 is 6.18 Å². The van der Waals surface area contributed by atoms with Crippen LogP contribution in [0.2, 0.25) is 0 Å². The summed E-state index contributed by atoms with van der Waals surface area (Å²) in [5.41, 5.74) is 1.91. The second-order valence-corrected chi connectivity index (χ2v) is 4.10. The van der Waals surface area contributed by atoms with Gasteiger partial charge in [-0.3, -0.25) is 0 Å². The lowest BCUT2D eigenvalue weighted by Gasteiger charge is -2.28. The lowest BCUT2D eigenvalue weighted by molar-refractivity contribution is -0.180. The smallest absolute Gasteiger partial charge is 0.308 e. The van der Waals surface area contributed by atoms with Gasteiger partial charge in [0, 0.05) is 19.7 Å². The van der Waals surface area contributed by atoms with Crippen molar-refractivity contribution in [3.05, 3.63) is 29.3 Å². The maximum Gasteiger partial charge on any atom is 0.409 e. The Hall–Kier alpha value is -1.23. The molecule has 1 heterocycles. The first-order chi connectivity index (χ1) is 7.32. The fourth-order valence-electron chi connectivity index (χ4n) is 2.10. The molecule has 0 saturated carbocycles. The lowest BCUT2D eigenvalue weighted by Crippen LogP contribution is -2.39. The summed E-state index contributed by atoms with van der Waals surface area (Å²) in [7, 11) is 3.09. The predicted octanol–water partition coefficient (Wildman–Crippen LogP) is 2.90. The van der Waals surface area contributed by atoms with Gasteiger partial charge in [-0.1, -0.05) is 12.1 Å². The molecule has 2 rings (SSSR count). The molecule has 2 nitrogen and oxygen atoms in total. The highest BCUT2D eigenvalue weighted by Gasteiger charge is 2.49. The normalized spacial score (nSPS) is 21.4. The van der Waals surface area contributed by atoms with E-state index in [1.165, 1.54) is 12.1 Å². The number of alkyl halides is 3. The monoisotopic (exact) mass is 230 g/mol. The largest absolute Gasteiger partial charge is 0.409 e. The van der Waals surface area contributed by atoms with Crippen molar-refractivity contribution in [3.8, 4) is 0 Å². The van der Waals surface area contributed by atoms with Gasteiger partial charge < -0.3 is 5.01 Å². The van der Waals surface area contributed by atoms with Crippen LogP contribution in [-0.2, 0) is 0 Å². The molecule has 0 bridgehead atoms. The van der Waals surface area contributed by atoms with Crippen LogP contribution in [0, 0.1) is 6.92 Å². The van der Waals surface area contributed by atoms with Crippen LogP contribution in [0.15, 0.2) is 18.2 Å². The number of rotatable bonds is 0. The molecule has 1 aromatic carbocycles. The Bertz CT molecular complexity index is 414. The van der Waals surface area contributed by atoms with Gasteiger partial charge in [-0.25, -0.2) is 5.01 Å². The summed E-state index contributed by atoms with van der Waals surface area (Å²) < 4.78 is 38.7. The maximum absolute atomic E-state index is 12.9. The first-order valence-corrected chi connectivity index (χ1v) is 4.96. The van der Waals surface area contributed by atoms with Gasteiger partial charge in [-0.05, 0) is 18.6 Å². The molecule has 1 aliphatic rings. The Kier molecular flexibility index (Phi) is 2.38. The van der Waals surface area contributed by atoms with Crippen molar-refractivity contribution in [1.82, 2.24) is 5.01 Å². The Morgan fingerprint density at radius 3 is 2.38 bits per heavy atom. The molecule has 0 fully saturated rings. The molecular formula is C11H13F3N2. The number of fused-ring (bicyclic) bond motifs is 1. The Labute approximate surface area is 92.2 Å². The van der Waals surface area contributed by atoms with E-state index in [0.29, 0.717) is 11.3 Å². The Morgan fingerprint density at radius 1 is 1.19 bits per heavy atom. The van der Waals surface area contributed by atoms with Crippen LogP contribution in [0.3, 0.4) is 0 Å². The molecule has 0 aliphatic carbocycles. The number of halogens is 3. The van der Waals surface area contributed by atoms with Crippen molar-refractivity contribution in [2.45, 2.75) is 19.1 Å². The van der Waals surface area contributed by atoms with Crippen molar-refractivity contribution >= 4 is 5.69 Å². The first-order valence-electron chi connectivity index (χ1n) is 4.96. The molecule has 5 heteroatoms. The van der Waals surface area contributed by atoms with E-state index in [-0.39, 0.29) is 0 Å². The molecule has 0 amide bonds. The average molecular weight is 230 g/mol. The summed E-state index contributed by atoms with van der Waals surface area (Å²) >= 11 is 0. The molecule has 16 heavy (non-hydrogen) atoms. The fourth-order valence-corrected chi connectivity index (χ4v) is 2.10. The van der Waals surface area contributed by atoms with Gasteiger partial charge in [0.25, 0.3) is 0 Å². The molecule has 0 aromatic heterocycles. The van der Waals surface area contributed by atoms with E-state index in [2.05, 4.69) is 0 Å². The third kappa shape index (κ3) is 1.55. The van der Waals surface area contributed by atoms with Crippen LogP contribution in [0.5, 0.6) is 0 Å². The number of hydrogen-bond acceptors (Lipinski definition) is 2. The van der Waals surface area contributed by atoms with Crippen LogP contribution in [0.4, 0.5) is 18.9 Å². The van der Waals surface area contributed by atoms with E-state index in [0.717, 1.165) is 5.56 Å². The number of aryl methyl sites for hydroxylation is 1. The third-order valence-electron chi connectivity index (χ3n) is 2.99. The molecule has 1 aromatic rings. The summed E-state index contributed by atoms with van der Waals surface area (Å²) in [5.74, 6) is 0. The zero-order valence-corrected chi connectivity index (χ0v) is 9.34. The van der Waals surface area contributed by atoms with Gasteiger partial charge in [0.15, 0.2) is 6.04 Å². The highest BCUT2D eigenvalue weighted by molar-refractivity contribution is 5.59. The number of anilines is 1. The maximum atomic E-state index is 12.9. The second kappa shape index (κ2) is 3.38. The van der Waals surface area contributed by atoms with Crippen LogP contribution in [-0.4, -0.2) is 25.3 Å². The quantitative estimate of drug-likeness (QED) is 0.676. The zero-order chi connectivity index (χ0) is 12.1. The van der Waals surface area contributed by atoms with Gasteiger partial charge in [0.2, 0.25) is 0 Å². The van der Waals surface area contributed by atoms with E-state index >= 15 is 0 Å². The van der Waals surface area contributed by atoms with E-state index in [1.807, 2.05) is 6.92 Å². The Balaban J connectivity index is 2.54. The number of hydrogen-bond donors (Lipinski definition) is 0. The van der Waals surface area contributed by atoms with Gasteiger partial charge in [-0.15, -0.1) is 0 Å². The summed E-state index contributed by atoms with van der Waals surface area (Å²) in [4.78, 5) is 0. The molecule has 0 saturated heterocycles. The minimum absolute atomic E-state index is 0.322. The van der Waals surface area contributed by atoms with E-state index < -0.39 is 12.2 Å². The molecular weight excluding hydrogens is 217 g/mol. The SMILES string of the molecule is Cc1ccc2c(c1)N(C)N(C)C2C(F)(F)F. The molecule has 1 unspecified atom stereocenters. The zero-order valence-electron chi connectivity index (χ0n) is 9.34. The summed E-state index contributed by atoms with van der Waals surface area (Å²) in [6, 6.07) is 3.51. The third-order valence-corrected chi connectivity index (χ3v) is 2.99. The summed E-state index contributed by atoms with van der Waals surface area (Å²) in [5, 5.41) is 2.75. The van der Waals surface area contributed by atoms with E-state index in [4.69, 9.17) is 0 Å². The standard InChI is InChI=1S/C11H13F3N2/c1-7-4-5-8-9(6-7)15(2)16(3)10(8)11(12,13)14/h4-6,10H,1-3H3. The van der Waals surface area contributed by atoms with Gasteiger partial charge in [0.1, 0.15) is 0 Å². The first kappa shape index (κ1) is 11.3. The molecule has 88 valence electrons. The molecule has 0 N–H and O–H groups in total. The van der Waals surface area contributed by atoms with Crippen molar-refractivity contribution in [2.75, 3.05) is 19.1 Å². The van der Waals surface area contributed by atoms with Crippen molar-refractivity contribution in [1.29, 1.82) is 0 Å². The van der Waals surface area contributed by atoms with E-state index in [9.17, 15) is 13.2 Å². The lowest BCUT2D eigenvalue weighted by atomic mass is 10.0. The van der Waals surface area contributed by atoms with Crippen LogP contribution in [0.1, 0.15) is 17.2 Å². The minimum Gasteiger partial charge on any atom is -0.308 e. The number of hydrazine groups is 1. The molecule has 1 atom stereocenters. The van der Waals surface area contributed by atoms with Crippen LogP contribution < -0.4 is 5.01 Å². The Morgan fingerprint density at radius 2 is 1.81 bits per heavy atom. The van der Waals surface area contributed by atoms with Crippen LogP contribution >= 0.6 is 0 Å². The predicted molar refractivity (Wildman–Crippen MR) is 56.1 cm³/mol. The van der Waals surface area contributed by atoms with Crippen molar-refractivity contribution in [3.63, 3.8) is 0 Å². The van der Waals surface area contributed by atoms with Gasteiger partial charge in [0.05, 0.1) is 5.69 Å². The minimum atomic E-state index is -4.25. The molecule has 0 radical (unpaired) electrons. The van der Waals surface area contributed by atoms with E-state index in [1.54, 1.807) is 30.3 Å². The van der Waals surface area contributed by atoms with Crippen molar-refractivity contribution in [2.24, 2.45) is 0 Å². The average Bonchev–Trinajstić information content (AvgIpc) is 2.40. The highest BCUT2D eigenvalue weighted by atomic mass is 19.4. The van der Waals surface area contributed by atoms with Gasteiger partial charge in [-0.2, -0.15) is 13.2 Å². The number of benzene rings is 1. The number of nitrogens with zero attached hydrogens (tertiary/aromatic N) is 2. The fraction of sp³-hybridized carbons (Fsp3) is 0.455. The van der Waals surface area contributed by atoms with Crippen molar-refractivity contribution < 1.29 is 13.2 Å². The topological polar surface area (TPSA) is 6.48 Å². The summed E-state index contributed by atoms with van der Waals surface area (Å²) in [6.07, 6.45) is -4.25. The molecule has 0 spiro atoms. The summed E-state index contributed by atoms with van der Waals surface area (Å²) in [6.45, 7) is 1.87. The second-order valence-electron chi connectivity index (χ2n) is 4.10. The molecule has 1 aliphatic heterocycles. The van der Waals surface area contributed by atoms with Crippen LogP contribution in [0.25, 0.3) is 0 Å².